The van der Waals surface area contributed by atoms with Crippen molar-refractivity contribution in [1.29, 1.82) is 0 Å². The first-order valence-corrected chi connectivity index (χ1v) is 11.8. The molecule has 2 aromatic rings. The van der Waals surface area contributed by atoms with Crippen molar-refractivity contribution in [3.8, 4) is 5.75 Å². The Bertz CT molecular complexity index is 906. The predicted molar refractivity (Wildman–Crippen MR) is 122 cm³/mol. The van der Waals surface area contributed by atoms with Crippen molar-refractivity contribution in [1.82, 2.24) is 15.2 Å². The highest BCUT2D eigenvalue weighted by Crippen LogP contribution is 2.28. The Morgan fingerprint density at radius 3 is 2.45 bits per heavy atom. The van der Waals surface area contributed by atoms with Gasteiger partial charge in [0.1, 0.15) is 11.4 Å². The van der Waals surface area contributed by atoms with Gasteiger partial charge in [-0.25, -0.2) is 0 Å². The molecule has 0 spiro atoms. The van der Waals surface area contributed by atoms with Crippen LogP contribution in [0.25, 0.3) is 10.9 Å². The minimum Gasteiger partial charge on any atom is -0.497 e. The molecule has 1 aromatic carbocycles. The first-order chi connectivity index (χ1) is 15.0. The highest BCUT2D eigenvalue weighted by Gasteiger charge is 2.31. The van der Waals surface area contributed by atoms with Gasteiger partial charge in [0, 0.05) is 42.0 Å². The molecule has 2 aliphatic rings. The summed E-state index contributed by atoms with van der Waals surface area (Å²) in [5, 5.41) is 4.31. The highest BCUT2D eigenvalue weighted by molar-refractivity contribution is 5.98. The van der Waals surface area contributed by atoms with Gasteiger partial charge in [0.2, 0.25) is 5.91 Å². The van der Waals surface area contributed by atoms with Crippen molar-refractivity contribution < 1.29 is 14.3 Å². The minimum absolute atomic E-state index is 0.000968. The average Bonchev–Trinajstić information content (AvgIpc) is 3.06. The number of carbonyl (C=O) groups is 2. The van der Waals surface area contributed by atoms with E-state index in [1.54, 1.807) is 7.11 Å². The summed E-state index contributed by atoms with van der Waals surface area (Å²) in [4.78, 5) is 31.0. The van der Waals surface area contributed by atoms with Crippen LogP contribution in [-0.2, 0) is 4.79 Å². The fourth-order valence-corrected chi connectivity index (χ4v) is 5.09. The number of amides is 2. The van der Waals surface area contributed by atoms with Crippen molar-refractivity contribution in [2.24, 2.45) is 11.8 Å². The lowest BCUT2D eigenvalue weighted by Gasteiger charge is -2.34. The summed E-state index contributed by atoms with van der Waals surface area (Å²) >= 11 is 0. The topological polar surface area (TPSA) is 74.4 Å². The number of fused-ring (bicyclic) bond motifs is 1. The van der Waals surface area contributed by atoms with E-state index < -0.39 is 0 Å². The average molecular weight is 426 g/mol. The van der Waals surface area contributed by atoms with E-state index in [-0.39, 0.29) is 17.7 Å². The summed E-state index contributed by atoms with van der Waals surface area (Å²) in [5.74, 6) is 1.33. The number of ether oxygens (including phenoxy) is 1. The number of carbonyl (C=O) groups excluding carboxylic acids is 2. The molecular formula is C25H35N3O3. The number of nitrogens with one attached hydrogen (secondary N) is 2. The Hall–Kier alpha value is -2.50. The summed E-state index contributed by atoms with van der Waals surface area (Å²) in [7, 11) is 1.64. The maximum atomic E-state index is 13.0. The van der Waals surface area contributed by atoms with Crippen LogP contribution < -0.4 is 10.1 Å². The Morgan fingerprint density at radius 1 is 1.06 bits per heavy atom. The lowest BCUT2D eigenvalue weighted by Crippen LogP contribution is -2.44. The van der Waals surface area contributed by atoms with Crippen LogP contribution >= 0.6 is 0 Å². The van der Waals surface area contributed by atoms with Gasteiger partial charge in [-0.15, -0.1) is 0 Å². The van der Waals surface area contributed by atoms with Crippen LogP contribution in [-0.4, -0.2) is 47.9 Å². The molecule has 2 amide bonds. The number of hydrogen-bond acceptors (Lipinski definition) is 3. The first-order valence-electron chi connectivity index (χ1n) is 11.8. The molecule has 1 unspecified atom stereocenters. The summed E-state index contributed by atoms with van der Waals surface area (Å²) in [6.45, 7) is 3.45. The molecule has 6 heteroatoms. The minimum atomic E-state index is 0.000968. The third kappa shape index (κ3) is 5.05. The summed E-state index contributed by atoms with van der Waals surface area (Å²) < 4.78 is 5.27. The molecule has 6 nitrogen and oxygen atoms in total. The van der Waals surface area contributed by atoms with Crippen LogP contribution in [0.5, 0.6) is 5.75 Å². The van der Waals surface area contributed by atoms with Gasteiger partial charge in [-0.05, 0) is 49.8 Å². The largest absolute Gasteiger partial charge is 0.497 e. The van der Waals surface area contributed by atoms with Crippen LogP contribution in [0.2, 0.25) is 0 Å². The molecule has 0 bridgehead atoms. The quantitative estimate of drug-likeness (QED) is 0.693. The molecule has 1 aromatic heterocycles. The van der Waals surface area contributed by atoms with E-state index in [1.165, 1.54) is 25.7 Å². The molecule has 2 N–H and O–H groups in total. The van der Waals surface area contributed by atoms with E-state index >= 15 is 0 Å². The van der Waals surface area contributed by atoms with Gasteiger partial charge in [-0.2, -0.15) is 0 Å². The van der Waals surface area contributed by atoms with Crippen molar-refractivity contribution >= 4 is 22.7 Å². The molecule has 0 radical (unpaired) electrons. The second-order valence-corrected chi connectivity index (χ2v) is 9.25. The second-order valence-electron chi connectivity index (χ2n) is 9.25. The van der Waals surface area contributed by atoms with Gasteiger partial charge in [0.25, 0.3) is 5.91 Å². The summed E-state index contributed by atoms with van der Waals surface area (Å²) in [6, 6.07) is 8.03. The van der Waals surface area contributed by atoms with Gasteiger partial charge in [-0.3, -0.25) is 9.59 Å². The fraction of sp³-hybridized carbons (Fsp3) is 0.600. The molecule has 1 atom stereocenters. The fourth-order valence-electron chi connectivity index (χ4n) is 5.09. The van der Waals surface area contributed by atoms with Crippen molar-refractivity contribution in [2.45, 2.75) is 64.3 Å². The first kappa shape index (κ1) is 21.7. The van der Waals surface area contributed by atoms with E-state index in [9.17, 15) is 9.59 Å². The molecule has 168 valence electrons. The number of hydrogen-bond donors (Lipinski definition) is 2. The van der Waals surface area contributed by atoms with Crippen LogP contribution in [0.1, 0.15) is 68.8 Å². The van der Waals surface area contributed by atoms with Gasteiger partial charge >= 0.3 is 0 Å². The van der Waals surface area contributed by atoms with Crippen LogP contribution in [0, 0.1) is 11.8 Å². The zero-order chi connectivity index (χ0) is 21.8. The van der Waals surface area contributed by atoms with Gasteiger partial charge in [-0.1, -0.05) is 32.6 Å². The van der Waals surface area contributed by atoms with E-state index in [0.29, 0.717) is 30.7 Å². The number of H-pyrrole nitrogens is 1. The number of aromatic nitrogens is 1. The van der Waals surface area contributed by atoms with E-state index in [2.05, 4.69) is 17.2 Å². The number of rotatable bonds is 5. The van der Waals surface area contributed by atoms with Crippen LogP contribution in [0.4, 0.5) is 0 Å². The van der Waals surface area contributed by atoms with Gasteiger partial charge < -0.3 is 19.9 Å². The van der Waals surface area contributed by atoms with E-state index in [4.69, 9.17) is 4.74 Å². The zero-order valence-corrected chi connectivity index (χ0v) is 18.8. The number of likely N-dealkylation sites (tertiary alicyclic amines) is 1. The van der Waals surface area contributed by atoms with Crippen molar-refractivity contribution in [2.75, 3.05) is 20.2 Å². The lowest BCUT2D eigenvalue weighted by molar-refractivity contribution is -0.127. The third-order valence-corrected chi connectivity index (χ3v) is 7.21. The molecule has 2 fully saturated rings. The Morgan fingerprint density at radius 2 is 1.77 bits per heavy atom. The molecule has 1 saturated carbocycles. The maximum absolute atomic E-state index is 13.0. The van der Waals surface area contributed by atoms with Crippen LogP contribution in [0.15, 0.2) is 24.3 Å². The molecule has 4 rings (SSSR count). The predicted octanol–water partition coefficient (Wildman–Crippen LogP) is 4.50. The standard InChI is InChI=1S/C25H35N3O3/c1-17(24(29)26-20-7-5-3-4-6-8-20)18-11-13-28(14-12-18)25(30)23-15-19-9-10-21(31-2)16-22(19)27-23/h9-10,15-18,20,27H,3-8,11-14H2,1-2H3,(H,26,29). The second kappa shape index (κ2) is 9.75. The SMILES string of the molecule is COc1ccc2cc(C(=O)N3CCC(C(C)C(=O)NC4CCCCCC4)CC3)[nH]c2c1. The van der Waals surface area contributed by atoms with Gasteiger partial charge in [0.15, 0.2) is 0 Å². The Labute approximate surface area is 184 Å². The molecule has 31 heavy (non-hydrogen) atoms. The number of piperidine rings is 1. The molecule has 2 heterocycles. The lowest BCUT2D eigenvalue weighted by atomic mass is 9.84. The molecular weight excluding hydrogens is 390 g/mol. The van der Waals surface area contributed by atoms with Gasteiger partial charge in [0.05, 0.1) is 7.11 Å². The monoisotopic (exact) mass is 425 g/mol. The molecule has 1 aliphatic heterocycles. The van der Waals surface area contributed by atoms with E-state index in [0.717, 1.165) is 42.3 Å². The smallest absolute Gasteiger partial charge is 0.270 e. The van der Waals surface area contributed by atoms with Crippen molar-refractivity contribution in [3.63, 3.8) is 0 Å². The maximum Gasteiger partial charge on any atom is 0.270 e. The van der Waals surface area contributed by atoms with Crippen molar-refractivity contribution in [3.05, 3.63) is 30.0 Å². The normalized spacial score (nSPS) is 19.7. The van der Waals surface area contributed by atoms with E-state index in [1.807, 2.05) is 29.2 Å². The third-order valence-electron chi connectivity index (χ3n) is 7.21. The molecule has 1 saturated heterocycles. The van der Waals surface area contributed by atoms with Crippen LogP contribution in [0.3, 0.4) is 0 Å². The Kier molecular flexibility index (Phi) is 6.83. The highest BCUT2D eigenvalue weighted by atomic mass is 16.5. The Balaban J connectivity index is 1.31. The number of nitrogens with zero attached hydrogens (tertiary/aromatic N) is 1. The molecule has 1 aliphatic carbocycles. The zero-order valence-electron chi connectivity index (χ0n) is 18.8. The summed E-state index contributed by atoms with van der Waals surface area (Å²) in [5.41, 5.74) is 1.52. The number of benzene rings is 1. The number of methoxy groups -OCH3 is 1. The summed E-state index contributed by atoms with van der Waals surface area (Å²) in [6.07, 6.45) is 9.00. The number of aromatic amines is 1.